The van der Waals surface area contributed by atoms with Crippen LogP contribution >= 0.6 is 0 Å². The number of nitrogens with zero attached hydrogens (tertiary/aromatic N) is 13. The molecule has 12 atom stereocenters. The number of likely N-dealkylation sites (tertiary alicyclic amines) is 1. The highest BCUT2D eigenvalue weighted by Crippen LogP contribution is 2.51. The van der Waals surface area contributed by atoms with Crippen LogP contribution in [0, 0.1) is 61.7 Å². The summed E-state index contributed by atoms with van der Waals surface area (Å²) in [6, 6.07) is 7.91. The Kier molecular flexibility index (Phi) is 24.1. The van der Waals surface area contributed by atoms with Crippen LogP contribution in [0.4, 0.5) is 16.2 Å². The van der Waals surface area contributed by atoms with Crippen molar-refractivity contribution in [2.75, 3.05) is 45.9 Å². The Bertz CT molecular complexity index is 3770. The van der Waals surface area contributed by atoms with Gasteiger partial charge in [0.15, 0.2) is 11.6 Å². The van der Waals surface area contributed by atoms with Gasteiger partial charge in [0.05, 0.1) is 75.8 Å². The standard InChI is InChI=1S/C29H34N8O8.C27H30N6O10.C7H14N2O/c1-15(2)31-22-12-34(13-23(22)39)11-21-17(4)25-24(16(3)9-20(38)10-35-14-30-32-33-35)27(40)36(25)26(21)29(42)45-28(41)18-5-7-19(8-6-18)37(43)44;1-14(2)11-41-27(38)42-12-20-16(4)22-21(15(3)9-19(34)10-31-13-28-29-30-31)24(35)32(22)23(20)26(37)43-25(36)17-5-7-18(8-6-17)33(39)40;1-5(2)9-6-3-8-4-7(6)10/h5-8,14,16-17,22-25,31,39H,1,9-13H2,2-4H3;5-8,13-16,21-22H,9-12H2,1-4H3;6-10H,1,3-4H2,2H3/t16-,17-,22-,23-,24+,25+;15-,16-,21+,22+;6-,7-/m000/s1. The fourth-order valence-corrected chi connectivity index (χ4v) is 12.9. The lowest BCUT2D eigenvalue weighted by atomic mass is 9.72. The third-order valence-electron chi connectivity index (χ3n) is 17.4. The van der Waals surface area contributed by atoms with Crippen LogP contribution < -0.4 is 16.0 Å². The minimum atomic E-state index is -1.15. The van der Waals surface area contributed by atoms with Crippen LogP contribution in [0.3, 0.4) is 0 Å². The van der Waals surface area contributed by atoms with Crippen molar-refractivity contribution in [1.82, 2.24) is 71.1 Å². The molecule has 4 saturated heterocycles. The molecular weight excluding hydrogens is 1280 g/mol. The molecule has 0 bridgehead atoms. The number of ketones is 2. The Morgan fingerprint density at radius 2 is 1.09 bits per heavy atom. The predicted molar refractivity (Wildman–Crippen MR) is 338 cm³/mol. The number of fused-ring (bicyclic) bond motifs is 2. The highest BCUT2D eigenvalue weighted by atomic mass is 16.7. The number of non-ortho nitro benzene ring substituents is 2. The molecule has 4 aromatic rings. The number of aliphatic hydroxyl groups is 2. The number of nitro benzene ring substituents is 2. The number of nitro groups is 2. The first kappa shape index (κ1) is 73.4. The normalized spacial score (nSPS) is 23.5. The highest BCUT2D eigenvalue weighted by Gasteiger charge is 2.62. The molecule has 6 aliphatic rings. The van der Waals surface area contributed by atoms with Gasteiger partial charge in [0.1, 0.15) is 43.7 Å². The summed E-state index contributed by atoms with van der Waals surface area (Å²) in [5.74, 6) is -8.22. The molecule has 6 aliphatic heterocycles. The third-order valence-corrected chi connectivity index (χ3v) is 17.4. The topological polar surface area (TPSA) is 450 Å². The first-order chi connectivity index (χ1) is 46.4. The second kappa shape index (κ2) is 32.1. The van der Waals surface area contributed by atoms with Crippen LogP contribution in [0.25, 0.3) is 0 Å². The van der Waals surface area contributed by atoms with E-state index in [1.54, 1.807) is 20.8 Å². The van der Waals surface area contributed by atoms with E-state index in [9.17, 15) is 73.6 Å². The smallest absolute Gasteiger partial charge is 0.434 e. The van der Waals surface area contributed by atoms with E-state index in [2.05, 4.69) is 60.2 Å². The zero-order chi connectivity index (χ0) is 71.6. The number of β-amino-alcohol motifs (C(OH)–C–C–N with tert-alkyl or cyclic N) is 2. The van der Waals surface area contributed by atoms with E-state index in [1.807, 2.05) is 39.5 Å². The van der Waals surface area contributed by atoms with Gasteiger partial charge in [-0.2, -0.15) is 0 Å². The maximum atomic E-state index is 13.6. The van der Waals surface area contributed by atoms with E-state index in [0.29, 0.717) is 30.9 Å². The van der Waals surface area contributed by atoms with Crippen LogP contribution in [-0.2, 0) is 60.8 Å². The van der Waals surface area contributed by atoms with E-state index in [0.717, 1.165) is 48.6 Å². The van der Waals surface area contributed by atoms with Crippen molar-refractivity contribution in [3.63, 3.8) is 0 Å². The molecule has 0 saturated carbocycles. The second-order valence-corrected chi connectivity index (χ2v) is 25.5. The van der Waals surface area contributed by atoms with Crippen LogP contribution in [0.2, 0.25) is 0 Å². The minimum absolute atomic E-state index is 0.0370. The number of hydrogen-bond acceptors (Lipinski definition) is 29. The number of benzene rings is 2. The fraction of sp³-hybridized carbons (Fsp3) is 0.508. The first-order valence-electron chi connectivity index (χ1n) is 31.5. The number of amides is 2. The van der Waals surface area contributed by atoms with Crippen molar-refractivity contribution in [3.8, 4) is 0 Å². The van der Waals surface area contributed by atoms with Crippen molar-refractivity contribution in [2.24, 2.45) is 41.4 Å². The molecule has 8 heterocycles. The predicted octanol–water partition coefficient (Wildman–Crippen LogP) is 2.00. The summed E-state index contributed by atoms with van der Waals surface area (Å²) in [6.07, 6.45) is 0.826. The van der Waals surface area contributed by atoms with Gasteiger partial charge in [-0.05, 0) is 82.3 Å². The number of rotatable bonds is 26. The Balaban J connectivity index is 0.000000219. The van der Waals surface area contributed by atoms with Crippen molar-refractivity contribution in [3.05, 3.63) is 140 Å². The van der Waals surface area contributed by atoms with E-state index in [4.69, 9.17) is 18.9 Å². The van der Waals surface area contributed by atoms with Crippen LogP contribution in [0.1, 0.15) is 88.9 Å². The Morgan fingerprint density at radius 1 is 0.643 bits per heavy atom. The summed E-state index contributed by atoms with van der Waals surface area (Å²) in [5, 5.41) is 72.5. The third kappa shape index (κ3) is 17.4. The molecule has 35 heteroatoms. The summed E-state index contributed by atoms with van der Waals surface area (Å²) in [6.45, 7) is 24.2. The number of Topliss-reactive ketones (excluding diaryl/α,β-unsaturated/α-hetero) is 2. The van der Waals surface area contributed by atoms with Gasteiger partial charge in [-0.1, -0.05) is 54.7 Å². The largest absolute Gasteiger partial charge is 0.508 e. The molecule has 0 aliphatic carbocycles. The molecule has 0 unspecified atom stereocenters. The summed E-state index contributed by atoms with van der Waals surface area (Å²) in [4.78, 5) is 142. The maximum absolute atomic E-state index is 13.6. The van der Waals surface area contributed by atoms with E-state index in [1.165, 1.54) is 44.0 Å². The summed E-state index contributed by atoms with van der Waals surface area (Å²) >= 11 is 0. The summed E-state index contributed by atoms with van der Waals surface area (Å²) in [5.41, 5.74) is 1.47. The van der Waals surface area contributed by atoms with Gasteiger partial charge in [-0.25, -0.2) is 33.3 Å². The maximum Gasteiger partial charge on any atom is 0.508 e. The fourth-order valence-electron chi connectivity index (χ4n) is 12.9. The van der Waals surface area contributed by atoms with Crippen molar-refractivity contribution >= 4 is 64.8 Å². The average Bonchev–Trinajstić information content (AvgIpc) is 1.55. The molecule has 524 valence electrons. The Morgan fingerprint density at radius 3 is 1.50 bits per heavy atom. The molecule has 35 nitrogen and oxygen atoms in total. The van der Waals surface area contributed by atoms with Gasteiger partial charge < -0.3 is 54.9 Å². The van der Waals surface area contributed by atoms with E-state index in [-0.39, 0.29) is 132 Å². The lowest BCUT2D eigenvalue weighted by molar-refractivity contribution is -0.385. The second-order valence-electron chi connectivity index (χ2n) is 25.5. The summed E-state index contributed by atoms with van der Waals surface area (Å²) < 4.78 is 23.1. The molecule has 0 radical (unpaired) electrons. The van der Waals surface area contributed by atoms with Crippen LogP contribution in [0.15, 0.2) is 108 Å². The first-order valence-corrected chi connectivity index (χ1v) is 31.5. The molecule has 98 heavy (non-hydrogen) atoms. The molecular formula is C63H78N16O19. The number of nitrogens with one attached hydrogen (secondary N) is 3. The van der Waals surface area contributed by atoms with Gasteiger partial charge in [0.2, 0.25) is 11.8 Å². The number of carbonyl (C=O) groups is 9. The number of aliphatic hydroxyl groups excluding tert-OH is 2. The zero-order valence-corrected chi connectivity index (χ0v) is 55.1. The van der Waals surface area contributed by atoms with Crippen LogP contribution in [0.5, 0.6) is 0 Å². The van der Waals surface area contributed by atoms with Gasteiger partial charge in [-0.15, -0.1) is 10.2 Å². The van der Waals surface area contributed by atoms with Crippen molar-refractivity contribution < 1.29 is 82.2 Å². The molecule has 2 amide bonds. The Hall–Kier alpha value is -10.4. The number of ether oxygens (including phenoxy) is 4. The number of carbonyl (C=O) groups excluding carboxylic acids is 9. The Labute approximate surface area is 560 Å². The van der Waals surface area contributed by atoms with Crippen LogP contribution in [-0.4, -0.2) is 211 Å². The van der Waals surface area contributed by atoms with Crippen molar-refractivity contribution in [2.45, 2.75) is 118 Å². The number of hydrogen-bond donors (Lipinski definition) is 5. The number of tetrazole rings is 2. The molecule has 5 N–H and O–H groups in total. The van der Waals surface area contributed by atoms with E-state index >= 15 is 0 Å². The molecule has 2 aromatic carbocycles. The molecule has 0 spiro atoms. The van der Waals surface area contributed by atoms with Gasteiger partial charge in [-0.3, -0.25) is 44.3 Å². The lowest BCUT2D eigenvalue weighted by Crippen LogP contribution is -2.62. The lowest BCUT2D eigenvalue weighted by Gasteiger charge is -2.48. The number of esters is 4. The molecule has 4 fully saturated rings. The summed E-state index contributed by atoms with van der Waals surface area (Å²) in [7, 11) is 0. The zero-order valence-electron chi connectivity index (χ0n) is 55.1. The SMILES string of the molecule is C=C(C)N[C@H]1CN(CC2=C(C(=O)OC(=O)c3ccc([N+](=O)[O-])cc3)N3C(=O)[C@H]([C@@H](C)CC(=O)Cn4cnnn4)[C@H]3[C@H]2C)C[C@@H]1O.C=C(C)N[C@H]1CNC[C@@H]1O.CC(C)COC(=O)OCC1=C(C(=O)OC(=O)c2ccc([N+](=O)[O-])cc2)N2C(=O)[C@H]([C@@H](C)CC(=O)Cn3cnnn3)[C@H]2[C@H]1C. The minimum Gasteiger partial charge on any atom is -0.434 e. The van der Waals surface area contributed by atoms with E-state index < -0.39 is 94.3 Å². The van der Waals surface area contributed by atoms with Crippen molar-refractivity contribution in [1.29, 1.82) is 0 Å². The van der Waals surface area contributed by atoms with Gasteiger partial charge in [0, 0.05) is 98.6 Å². The average molecular weight is 1360 g/mol. The molecule has 2 aromatic heterocycles. The highest BCUT2D eigenvalue weighted by molar-refractivity contribution is 6.08. The quantitative estimate of drug-likeness (QED) is 0.0150. The van der Waals surface area contributed by atoms with Gasteiger partial charge in [0.25, 0.3) is 11.4 Å². The number of β-lactam (4-membered cyclic amide) rings is 2. The number of aromatic nitrogens is 8. The van der Waals surface area contributed by atoms with Gasteiger partial charge >= 0.3 is 30.0 Å². The number of allylic oxidation sites excluding steroid dienone is 2. The monoisotopic (exact) mass is 1360 g/mol. The molecule has 10 rings (SSSR count).